The van der Waals surface area contributed by atoms with Gasteiger partial charge in [0.05, 0.1) is 0 Å². The Labute approximate surface area is 156 Å². The minimum absolute atomic E-state index is 0.0157. The van der Waals surface area contributed by atoms with E-state index in [1.807, 2.05) is 32.5 Å². The van der Waals surface area contributed by atoms with Gasteiger partial charge < -0.3 is 10.1 Å². The number of ether oxygens (including phenoxy) is 1. The highest BCUT2D eigenvalue weighted by Crippen LogP contribution is 2.20. The van der Waals surface area contributed by atoms with Crippen molar-refractivity contribution in [3.05, 3.63) is 29.8 Å². The monoisotopic (exact) mass is 365 g/mol. The van der Waals surface area contributed by atoms with Gasteiger partial charge in [0, 0.05) is 16.9 Å². The van der Waals surface area contributed by atoms with E-state index in [1.54, 1.807) is 0 Å². The highest BCUT2D eigenvalue weighted by molar-refractivity contribution is 7.99. The van der Waals surface area contributed by atoms with Crippen LogP contribution in [0.15, 0.2) is 29.2 Å². The van der Waals surface area contributed by atoms with Gasteiger partial charge in [0.2, 0.25) is 0 Å². The summed E-state index contributed by atoms with van der Waals surface area (Å²) < 4.78 is 4.93. The molecule has 0 heterocycles. The van der Waals surface area contributed by atoms with Gasteiger partial charge in [-0.05, 0) is 58.4 Å². The quantitative estimate of drug-likeness (QED) is 0.461. The predicted octanol–water partition coefficient (Wildman–Crippen LogP) is 5.13. The Morgan fingerprint density at radius 1 is 1.04 bits per heavy atom. The Morgan fingerprint density at radius 3 is 2.32 bits per heavy atom. The second-order valence-electron chi connectivity index (χ2n) is 7.32. The van der Waals surface area contributed by atoms with Crippen LogP contribution in [0.1, 0.15) is 58.4 Å². The van der Waals surface area contributed by atoms with Crippen molar-refractivity contribution in [2.24, 2.45) is 0 Å². The zero-order chi connectivity index (χ0) is 18.7. The molecule has 0 aliphatic rings. The van der Waals surface area contributed by atoms with E-state index in [0.717, 1.165) is 31.4 Å². The summed E-state index contributed by atoms with van der Waals surface area (Å²) in [6.07, 6.45) is 4.11. The first kappa shape index (κ1) is 21.6. The van der Waals surface area contributed by atoms with Crippen LogP contribution < -0.4 is 5.32 Å². The van der Waals surface area contributed by atoms with E-state index in [2.05, 4.69) is 36.5 Å². The van der Waals surface area contributed by atoms with E-state index in [-0.39, 0.29) is 17.9 Å². The number of benzene rings is 1. The number of Topliss-reactive ketones (excluding diaryl/α,β-unsaturated/α-hetero) is 1. The molecule has 0 aromatic heterocycles. The Kier molecular flexibility index (Phi) is 9.65. The molecule has 0 radical (unpaired) electrons. The van der Waals surface area contributed by atoms with Crippen molar-refractivity contribution in [1.82, 2.24) is 5.32 Å². The van der Waals surface area contributed by atoms with Crippen LogP contribution in [-0.4, -0.2) is 29.8 Å². The Hall–Kier alpha value is -1.49. The number of carbonyl (C=O) groups is 2. The summed E-state index contributed by atoms with van der Waals surface area (Å²) in [4.78, 5) is 24.5. The molecule has 5 heteroatoms. The molecule has 4 nitrogen and oxygen atoms in total. The van der Waals surface area contributed by atoms with Gasteiger partial charge in [0.1, 0.15) is 0 Å². The summed E-state index contributed by atoms with van der Waals surface area (Å²) in [5.74, 6) is 1.09. The molecule has 0 fully saturated rings. The number of hydrogen-bond donors (Lipinski definition) is 1. The highest BCUT2D eigenvalue weighted by atomic mass is 32.2. The van der Waals surface area contributed by atoms with Crippen LogP contribution in [0, 0.1) is 6.92 Å². The predicted molar refractivity (Wildman–Crippen MR) is 104 cm³/mol. The maximum absolute atomic E-state index is 11.7. The van der Waals surface area contributed by atoms with Gasteiger partial charge in [0.15, 0.2) is 12.4 Å². The van der Waals surface area contributed by atoms with Gasteiger partial charge in [-0.15, -0.1) is 11.8 Å². The molecule has 1 amide bonds. The second kappa shape index (κ2) is 11.2. The number of rotatable bonds is 10. The molecule has 0 aliphatic heterocycles. The van der Waals surface area contributed by atoms with E-state index in [9.17, 15) is 9.59 Å². The summed E-state index contributed by atoms with van der Waals surface area (Å²) in [5, 5.41) is 2.67. The number of carbonyl (C=O) groups excluding carboxylic acids is 2. The molecule has 25 heavy (non-hydrogen) atoms. The molecule has 0 atom stereocenters. The summed E-state index contributed by atoms with van der Waals surface area (Å²) in [7, 11) is 0. The third kappa shape index (κ3) is 11.6. The summed E-state index contributed by atoms with van der Waals surface area (Å²) in [5.41, 5.74) is 0.936. The summed E-state index contributed by atoms with van der Waals surface area (Å²) >= 11 is 1.88. The van der Waals surface area contributed by atoms with Crippen molar-refractivity contribution in [3.63, 3.8) is 0 Å². The van der Waals surface area contributed by atoms with Crippen molar-refractivity contribution in [3.8, 4) is 0 Å². The molecule has 140 valence electrons. The van der Waals surface area contributed by atoms with Crippen LogP contribution in [0.3, 0.4) is 0 Å². The molecular weight excluding hydrogens is 334 g/mol. The normalized spacial score (nSPS) is 11.2. The number of amides is 1. The third-order valence-corrected chi connectivity index (χ3v) is 4.58. The maximum atomic E-state index is 11.7. The first-order valence-electron chi connectivity index (χ1n) is 8.92. The van der Waals surface area contributed by atoms with Crippen LogP contribution >= 0.6 is 11.8 Å². The fraction of sp³-hybridized carbons (Fsp3) is 0.600. The third-order valence-electron chi connectivity index (χ3n) is 3.48. The van der Waals surface area contributed by atoms with E-state index >= 15 is 0 Å². The standard InChI is InChI=1S/C20H31NO3S/c1-16-10-12-18(13-11-16)25-14-8-6-5-7-9-17(22)15-24-19(23)21-20(2,3)4/h10-13H,5-9,14-15H2,1-4H3,(H,21,23). The largest absolute Gasteiger partial charge is 0.442 e. The van der Waals surface area contributed by atoms with Crippen molar-refractivity contribution in [2.45, 2.75) is 70.2 Å². The molecular formula is C20H31NO3S. The smallest absolute Gasteiger partial charge is 0.407 e. The van der Waals surface area contributed by atoms with E-state index in [0.29, 0.717) is 6.42 Å². The van der Waals surface area contributed by atoms with Crippen LogP contribution in [-0.2, 0) is 9.53 Å². The lowest BCUT2D eigenvalue weighted by Gasteiger charge is -2.19. The molecule has 0 aliphatic carbocycles. The molecule has 1 N–H and O–H groups in total. The zero-order valence-corrected chi connectivity index (χ0v) is 16.7. The lowest BCUT2D eigenvalue weighted by Crippen LogP contribution is -2.41. The fourth-order valence-corrected chi connectivity index (χ4v) is 3.08. The van der Waals surface area contributed by atoms with Crippen LogP contribution in [0.2, 0.25) is 0 Å². The number of alkyl carbamates (subject to hydrolysis) is 1. The number of thioether (sulfide) groups is 1. The van der Waals surface area contributed by atoms with Crippen molar-refractivity contribution in [1.29, 1.82) is 0 Å². The molecule has 0 saturated heterocycles. The highest BCUT2D eigenvalue weighted by Gasteiger charge is 2.15. The van der Waals surface area contributed by atoms with Crippen LogP contribution in [0.4, 0.5) is 4.79 Å². The minimum atomic E-state index is -0.533. The maximum Gasteiger partial charge on any atom is 0.407 e. The van der Waals surface area contributed by atoms with Gasteiger partial charge in [-0.25, -0.2) is 4.79 Å². The van der Waals surface area contributed by atoms with Gasteiger partial charge >= 0.3 is 6.09 Å². The molecule has 0 unspecified atom stereocenters. The second-order valence-corrected chi connectivity index (χ2v) is 8.48. The number of aryl methyl sites for hydroxylation is 1. The zero-order valence-electron chi connectivity index (χ0n) is 15.9. The van der Waals surface area contributed by atoms with Crippen molar-refractivity contribution >= 4 is 23.6 Å². The summed E-state index contributed by atoms with van der Waals surface area (Å²) in [6.45, 7) is 7.57. The van der Waals surface area contributed by atoms with Crippen molar-refractivity contribution in [2.75, 3.05) is 12.4 Å². The Bertz CT molecular complexity index is 535. The fourth-order valence-electron chi connectivity index (χ4n) is 2.16. The van der Waals surface area contributed by atoms with E-state index in [4.69, 9.17) is 4.74 Å². The van der Waals surface area contributed by atoms with Crippen molar-refractivity contribution < 1.29 is 14.3 Å². The molecule has 1 rings (SSSR count). The number of nitrogens with one attached hydrogen (secondary N) is 1. The van der Waals surface area contributed by atoms with Gasteiger partial charge in [-0.3, -0.25) is 4.79 Å². The lowest BCUT2D eigenvalue weighted by atomic mass is 10.1. The number of ketones is 1. The van der Waals surface area contributed by atoms with Crippen LogP contribution in [0.25, 0.3) is 0 Å². The topological polar surface area (TPSA) is 55.4 Å². The average molecular weight is 366 g/mol. The average Bonchev–Trinajstić information content (AvgIpc) is 2.52. The molecule has 1 aromatic carbocycles. The Balaban J connectivity index is 1.99. The lowest BCUT2D eigenvalue weighted by molar-refractivity contribution is -0.122. The van der Waals surface area contributed by atoms with Gasteiger partial charge in [0.25, 0.3) is 0 Å². The molecule has 1 aromatic rings. The SMILES string of the molecule is Cc1ccc(SCCCCCCC(=O)COC(=O)NC(C)(C)C)cc1. The molecule has 0 saturated carbocycles. The Morgan fingerprint density at radius 2 is 1.68 bits per heavy atom. The first-order chi connectivity index (χ1) is 11.8. The van der Waals surface area contributed by atoms with E-state index in [1.165, 1.54) is 10.5 Å². The first-order valence-corrected chi connectivity index (χ1v) is 9.91. The summed E-state index contributed by atoms with van der Waals surface area (Å²) in [6, 6.07) is 8.60. The van der Waals surface area contributed by atoms with Gasteiger partial charge in [-0.2, -0.15) is 0 Å². The minimum Gasteiger partial charge on any atom is -0.442 e. The number of unbranched alkanes of at least 4 members (excludes halogenated alkanes) is 3. The molecule has 0 spiro atoms. The molecule has 0 bridgehead atoms. The number of hydrogen-bond acceptors (Lipinski definition) is 4. The van der Waals surface area contributed by atoms with Crippen LogP contribution in [0.5, 0.6) is 0 Å². The van der Waals surface area contributed by atoms with Gasteiger partial charge in [-0.1, -0.05) is 30.5 Å². The van der Waals surface area contributed by atoms with E-state index < -0.39 is 6.09 Å².